The van der Waals surface area contributed by atoms with Crippen molar-refractivity contribution in [1.29, 1.82) is 0 Å². The van der Waals surface area contributed by atoms with Crippen LogP contribution in [0.25, 0.3) is 11.4 Å². The summed E-state index contributed by atoms with van der Waals surface area (Å²) in [7, 11) is 0. The van der Waals surface area contributed by atoms with Gasteiger partial charge in [-0.25, -0.2) is 4.79 Å². The number of nitrogens with zero attached hydrogens (tertiary/aromatic N) is 6. The summed E-state index contributed by atoms with van der Waals surface area (Å²) in [6.07, 6.45) is 0.0370. The molecule has 4 rings (SSSR count). The van der Waals surface area contributed by atoms with Crippen molar-refractivity contribution in [3.05, 3.63) is 52.6 Å². The average molecular weight is 428 g/mol. The zero-order valence-corrected chi connectivity index (χ0v) is 17.8. The number of piperazine rings is 1. The molecule has 0 amide bonds. The van der Waals surface area contributed by atoms with Gasteiger partial charge >= 0.3 is 5.76 Å². The van der Waals surface area contributed by atoms with Gasteiger partial charge in [0.15, 0.2) is 11.6 Å². The molecule has 1 aliphatic heterocycles. The molecule has 10 nitrogen and oxygen atoms in total. The summed E-state index contributed by atoms with van der Waals surface area (Å²) >= 11 is 0. The van der Waals surface area contributed by atoms with E-state index in [0.717, 1.165) is 44.0 Å². The average Bonchev–Trinajstić information content (AvgIpc) is 3.42. The van der Waals surface area contributed by atoms with Gasteiger partial charge in [-0.1, -0.05) is 47.6 Å². The third kappa shape index (κ3) is 4.92. The SMILES string of the molecule is CCc1noc(C(C)N2CCN(CC(O)Cn3c(-c4ccccc4)noc3=O)CC2)n1. The Hall–Kier alpha value is -2.82. The molecule has 31 heavy (non-hydrogen) atoms. The lowest BCUT2D eigenvalue weighted by molar-refractivity contribution is 0.0466. The number of hydrogen-bond donors (Lipinski definition) is 1. The molecule has 1 fully saturated rings. The van der Waals surface area contributed by atoms with Gasteiger partial charge in [0.2, 0.25) is 5.89 Å². The molecule has 0 radical (unpaired) electrons. The monoisotopic (exact) mass is 428 g/mol. The van der Waals surface area contributed by atoms with Gasteiger partial charge in [-0.15, -0.1) is 0 Å². The minimum absolute atomic E-state index is 0.0592. The maximum absolute atomic E-state index is 12.1. The first-order valence-corrected chi connectivity index (χ1v) is 10.6. The van der Waals surface area contributed by atoms with E-state index in [9.17, 15) is 9.90 Å². The van der Waals surface area contributed by atoms with Crippen molar-refractivity contribution in [2.75, 3.05) is 32.7 Å². The van der Waals surface area contributed by atoms with Gasteiger partial charge in [0.1, 0.15) is 0 Å². The highest BCUT2D eigenvalue weighted by molar-refractivity contribution is 5.54. The van der Waals surface area contributed by atoms with E-state index in [2.05, 4.69) is 32.0 Å². The predicted octanol–water partition coefficient (Wildman–Crippen LogP) is 1.19. The molecule has 0 saturated carbocycles. The lowest BCUT2D eigenvalue weighted by atomic mass is 10.2. The largest absolute Gasteiger partial charge is 0.441 e. The molecular weight excluding hydrogens is 400 g/mol. The van der Waals surface area contributed by atoms with Crippen molar-refractivity contribution >= 4 is 0 Å². The number of aliphatic hydroxyl groups excluding tert-OH is 1. The Morgan fingerprint density at radius 2 is 1.81 bits per heavy atom. The highest BCUT2D eigenvalue weighted by atomic mass is 16.5. The Labute approximate surface area is 180 Å². The number of aryl methyl sites for hydroxylation is 1. The third-order valence-corrected chi connectivity index (χ3v) is 5.69. The Balaban J connectivity index is 1.31. The highest BCUT2D eigenvalue weighted by Crippen LogP contribution is 2.20. The van der Waals surface area contributed by atoms with Crippen LogP contribution in [-0.4, -0.2) is 73.6 Å². The molecule has 1 saturated heterocycles. The fraction of sp³-hybridized carbons (Fsp3) is 0.524. The summed E-state index contributed by atoms with van der Waals surface area (Å²) in [6.45, 7) is 7.95. The maximum Gasteiger partial charge on any atom is 0.441 e. The van der Waals surface area contributed by atoms with E-state index < -0.39 is 11.9 Å². The maximum atomic E-state index is 12.1. The van der Waals surface area contributed by atoms with Crippen LogP contribution < -0.4 is 5.76 Å². The zero-order valence-electron chi connectivity index (χ0n) is 17.8. The van der Waals surface area contributed by atoms with E-state index in [1.807, 2.05) is 37.3 Å². The molecule has 0 aliphatic carbocycles. The van der Waals surface area contributed by atoms with E-state index in [1.165, 1.54) is 4.57 Å². The lowest BCUT2D eigenvalue weighted by Crippen LogP contribution is -2.49. The van der Waals surface area contributed by atoms with Gasteiger partial charge < -0.3 is 9.63 Å². The Morgan fingerprint density at radius 1 is 1.06 bits per heavy atom. The van der Waals surface area contributed by atoms with E-state index in [4.69, 9.17) is 9.05 Å². The van der Waals surface area contributed by atoms with Crippen LogP contribution >= 0.6 is 0 Å². The van der Waals surface area contributed by atoms with Crippen LogP contribution in [0.3, 0.4) is 0 Å². The van der Waals surface area contributed by atoms with E-state index in [0.29, 0.717) is 18.3 Å². The van der Waals surface area contributed by atoms with Crippen molar-refractivity contribution in [2.24, 2.45) is 0 Å². The summed E-state index contributed by atoms with van der Waals surface area (Å²) in [4.78, 5) is 21.0. The molecule has 2 unspecified atom stereocenters. The standard InChI is InChI=1S/C21H28N6O4/c1-3-18-22-20(30-23-18)15(2)26-11-9-25(10-12-26)13-17(28)14-27-19(24-31-21(27)29)16-7-5-4-6-8-16/h4-8,15,17,28H,3,9-14H2,1-2H3. The number of aromatic nitrogens is 4. The number of aliphatic hydroxyl groups is 1. The fourth-order valence-electron chi connectivity index (χ4n) is 3.86. The van der Waals surface area contributed by atoms with Crippen LogP contribution in [-0.2, 0) is 13.0 Å². The molecule has 0 spiro atoms. The molecular formula is C21H28N6O4. The molecule has 166 valence electrons. The Bertz CT molecular complexity index is 1020. The van der Waals surface area contributed by atoms with Crippen LogP contribution in [0.1, 0.15) is 31.6 Å². The number of benzene rings is 1. The second-order valence-corrected chi connectivity index (χ2v) is 7.82. The molecule has 1 aromatic carbocycles. The summed E-state index contributed by atoms with van der Waals surface area (Å²) in [5.74, 6) is 1.23. The van der Waals surface area contributed by atoms with Crippen molar-refractivity contribution in [2.45, 2.75) is 39.0 Å². The smallest absolute Gasteiger partial charge is 0.390 e. The van der Waals surface area contributed by atoms with Crippen molar-refractivity contribution in [3.8, 4) is 11.4 Å². The topological polar surface area (TPSA) is 114 Å². The van der Waals surface area contributed by atoms with Crippen LogP contribution in [0.5, 0.6) is 0 Å². The zero-order chi connectivity index (χ0) is 21.8. The number of rotatable bonds is 8. The highest BCUT2D eigenvalue weighted by Gasteiger charge is 2.27. The number of β-amino-alcohol motifs (C(OH)–C–C–N with tert-alkyl or cyclic N) is 1. The van der Waals surface area contributed by atoms with E-state index in [-0.39, 0.29) is 12.6 Å². The second-order valence-electron chi connectivity index (χ2n) is 7.82. The van der Waals surface area contributed by atoms with E-state index >= 15 is 0 Å². The number of hydrogen-bond acceptors (Lipinski definition) is 9. The summed E-state index contributed by atoms with van der Waals surface area (Å²) < 4.78 is 11.6. The molecule has 0 bridgehead atoms. The third-order valence-electron chi connectivity index (χ3n) is 5.69. The summed E-state index contributed by atoms with van der Waals surface area (Å²) in [5, 5.41) is 18.5. The molecule has 2 atom stereocenters. The lowest BCUT2D eigenvalue weighted by Gasteiger charge is -2.37. The minimum Gasteiger partial charge on any atom is -0.390 e. The molecule has 1 aliphatic rings. The summed E-state index contributed by atoms with van der Waals surface area (Å²) in [5.41, 5.74) is 0.774. The quantitative estimate of drug-likeness (QED) is 0.565. The summed E-state index contributed by atoms with van der Waals surface area (Å²) in [6, 6.07) is 9.40. The first kappa shape index (κ1) is 21.4. The first-order chi connectivity index (χ1) is 15.0. The molecule has 1 N–H and O–H groups in total. The van der Waals surface area contributed by atoms with Gasteiger partial charge in [0, 0.05) is 44.7 Å². The normalized spacial score (nSPS) is 17.6. The molecule has 3 aromatic rings. The Morgan fingerprint density at radius 3 is 2.48 bits per heavy atom. The van der Waals surface area contributed by atoms with Gasteiger partial charge in [-0.3, -0.25) is 18.9 Å². The van der Waals surface area contributed by atoms with Gasteiger partial charge in [-0.05, 0) is 6.92 Å². The molecule has 3 heterocycles. The predicted molar refractivity (Wildman–Crippen MR) is 112 cm³/mol. The molecule has 10 heteroatoms. The fourth-order valence-corrected chi connectivity index (χ4v) is 3.86. The van der Waals surface area contributed by atoms with Gasteiger partial charge in [-0.2, -0.15) is 4.98 Å². The van der Waals surface area contributed by atoms with Crippen LogP contribution in [0.4, 0.5) is 0 Å². The van der Waals surface area contributed by atoms with Gasteiger partial charge in [0.25, 0.3) is 0 Å². The first-order valence-electron chi connectivity index (χ1n) is 10.6. The van der Waals surface area contributed by atoms with Crippen LogP contribution in [0.2, 0.25) is 0 Å². The van der Waals surface area contributed by atoms with Gasteiger partial charge in [0.05, 0.1) is 18.7 Å². The van der Waals surface area contributed by atoms with E-state index in [1.54, 1.807) is 0 Å². The molecule has 2 aromatic heterocycles. The van der Waals surface area contributed by atoms with Crippen molar-refractivity contribution in [3.63, 3.8) is 0 Å². The van der Waals surface area contributed by atoms with Crippen LogP contribution in [0, 0.1) is 0 Å². The van der Waals surface area contributed by atoms with Crippen LogP contribution in [0.15, 0.2) is 44.2 Å². The van der Waals surface area contributed by atoms with Crippen molar-refractivity contribution < 1.29 is 14.2 Å². The Kier molecular flexibility index (Phi) is 6.59. The second kappa shape index (κ2) is 9.54. The van der Waals surface area contributed by atoms with Crippen molar-refractivity contribution in [1.82, 2.24) is 29.7 Å². The minimum atomic E-state index is -0.716.